The zero-order chi connectivity index (χ0) is 23.7. The topological polar surface area (TPSA) is 12.5 Å². The highest BCUT2D eigenvalue weighted by Gasteiger charge is 2.36. The van der Waals surface area contributed by atoms with Crippen LogP contribution in [0.4, 0.5) is 13.2 Å². The van der Waals surface area contributed by atoms with E-state index in [9.17, 15) is 4.39 Å². The molecule has 0 aromatic heterocycles. The van der Waals surface area contributed by atoms with E-state index in [2.05, 4.69) is 11.0 Å². The molecule has 1 fully saturated rings. The number of hydrogen-bond donors (Lipinski definition) is 0. The summed E-state index contributed by atoms with van der Waals surface area (Å²) in [6.45, 7) is 4.10. The summed E-state index contributed by atoms with van der Waals surface area (Å²) in [4.78, 5) is 2.08. The van der Waals surface area contributed by atoms with E-state index in [4.69, 9.17) is 4.74 Å². The molecule has 5 heteroatoms. The molecule has 0 radical (unpaired) electrons. The summed E-state index contributed by atoms with van der Waals surface area (Å²) in [5, 5.41) is 0. The zero-order valence-corrected chi connectivity index (χ0v) is 19.4. The van der Waals surface area contributed by atoms with Crippen molar-refractivity contribution in [1.82, 2.24) is 4.90 Å². The first kappa shape index (κ1) is 23.0. The van der Waals surface area contributed by atoms with Gasteiger partial charge in [0.15, 0.2) is 0 Å². The number of rotatable bonds is 7. The van der Waals surface area contributed by atoms with Crippen LogP contribution in [0, 0.1) is 24.5 Å². The maximum Gasteiger partial charge on any atom is 0.133 e. The van der Waals surface area contributed by atoms with Crippen molar-refractivity contribution < 1.29 is 17.9 Å². The largest absolute Gasteiger partial charge is 0.492 e. The van der Waals surface area contributed by atoms with E-state index in [1.165, 1.54) is 12.1 Å². The number of hydrogen-bond acceptors (Lipinski definition) is 2. The Bertz CT molecular complexity index is 1120. The fourth-order valence-corrected chi connectivity index (χ4v) is 5.56. The minimum Gasteiger partial charge on any atom is -0.492 e. The predicted octanol–water partition coefficient (Wildman–Crippen LogP) is 6.42. The maximum absolute atomic E-state index is 15.5. The smallest absolute Gasteiger partial charge is 0.133 e. The quantitative estimate of drug-likeness (QED) is 0.400. The molecule has 3 aromatic rings. The molecule has 0 saturated carbocycles. The molecule has 0 spiro atoms. The number of nitrogens with zero attached hydrogens (tertiary/aromatic N) is 1. The van der Waals surface area contributed by atoms with Crippen LogP contribution < -0.4 is 4.74 Å². The van der Waals surface area contributed by atoms with Crippen molar-refractivity contribution in [3.05, 3.63) is 100 Å². The van der Waals surface area contributed by atoms with E-state index in [0.29, 0.717) is 26.2 Å². The molecule has 1 saturated heterocycles. The van der Waals surface area contributed by atoms with Gasteiger partial charge in [-0.05, 0) is 42.4 Å². The van der Waals surface area contributed by atoms with E-state index in [1.54, 1.807) is 0 Å². The number of likely N-dealkylation sites (tertiary alicyclic amines) is 1. The third-order valence-electron chi connectivity index (χ3n) is 7.28. The van der Waals surface area contributed by atoms with Gasteiger partial charge in [0.2, 0.25) is 0 Å². The van der Waals surface area contributed by atoms with Crippen molar-refractivity contribution in [3.63, 3.8) is 0 Å². The van der Waals surface area contributed by atoms with Gasteiger partial charge >= 0.3 is 0 Å². The Morgan fingerprint density at radius 3 is 2.41 bits per heavy atom. The third-order valence-corrected chi connectivity index (χ3v) is 7.28. The Labute approximate surface area is 199 Å². The Hall–Kier alpha value is -2.79. The summed E-state index contributed by atoms with van der Waals surface area (Å²) in [5.41, 5.74) is 4.52. The van der Waals surface area contributed by atoms with Gasteiger partial charge in [0.05, 0.1) is 6.67 Å². The standard InChI is InChI=1S/C29H30F3NO/c1-19-7-9-25-22(13-19)8-10-24(21-5-3-2-4-6-21)28(25)29-26(31)14-23(15-27(29)32)34-12-11-33-17-20(16-30)18-33/h2-7,9,13-15,20,24,28H,8,10-12,16-18H2,1H3/t24-,28+/m1/s1. The number of fused-ring (bicyclic) bond motifs is 1. The SMILES string of the molecule is Cc1ccc2c(c1)CC[C@H](c1ccccc1)[C@@H]2c1c(F)cc(OCCN2CC(CF)C2)cc1F. The van der Waals surface area contributed by atoms with Crippen LogP contribution >= 0.6 is 0 Å². The fraction of sp³-hybridized carbons (Fsp3) is 0.379. The highest BCUT2D eigenvalue weighted by atomic mass is 19.1. The number of aryl methyl sites for hydroxylation is 2. The van der Waals surface area contributed by atoms with E-state index in [1.807, 2.05) is 49.4 Å². The minimum atomic E-state index is -0.573. The monoisotopic (exact) mass is 465 g/mol. The average Bonchev–Trinajstić information content (AvgIpc) is 2.80. The van der Waals surface area contributed by atoms with Crippen molar-refractivity contribution in [3.8, 4) is 5.75 Å². The second-order valence-electron chi connectivity index (χ2n) is 9.66. The Morgan fingerprint density at radius 1 is 0.971 bits per heavy atom. The lowest BCUT2D eigenvalue weighted by Gasteiger charge is -2.37. The van der Waals surface area contributed by atoms with Gasteiger partial charge < -0.3 is 4.74 Å². The molecule has 2 nitrogen and oxygen atoms in total. The molecule has 0 bridgehead atoms. The van der Waals surface area contributed by atoms with Gasteiger partial charge in [0.25, 0.3) is 0 Å². The van der Waals surface area contributed by atoms with Gasteiger partial charge in [-0.1, -0.05) is 54.1 Å². The van der Waals surface area contributed by atoms with Crippen LogP contribution in [0.2, 0.25) is 0 Å². The molecule has 1 aliphatic heterocycles. The van der Waals surface area contributed by atoms with Crippen molar-refractivity contribution in [2.24, 2.45) is 5.92 Å². The lowest BCUT2D eigenvalue weighted by atomic mass is 9.69. The predicted molar refractivity (Wildman–Crippen MR) is 128 cm³/mol. The third kappa shape index (κ3) is 4.58. The summed E-state index contributed by atoms with van der Waals surface area (Å²) < 4.78 is 49.3. The van der Waals surface area contributed by atoms with Gasteiger partial charge in [-0.3, -0.25) is 9.29 Å². The molecule has 1 heterocycles. The molecule has 1 aliphatic carbocycles. The van der Waals surface area contributed by atoms with Gasteiger partial charge in [-0.2, -0.15) is 0 Å². The number of benzene rings is 3. The van der Waals surface area contributed by atoms with Gasteiger partial charge in [0.1, 0.15) is 24.0 Å². The molecule has 0 N–H and O–H groups in total. The number of ether oxygens (including phenoxy) is 1. The van der Waals surface area contributed by atoms with Crippen molar-refractivity contribution in [2.75, 3.05) is 32.9 Å². The molecule has 34 heavy (non-hydrogen) atoms. The van der Waals surface area contributed by atoms with E-state index in [-0.39, 0.29) is 29.8 Å². The zero-order valence-electron chi connectivity index (χ0n) is 19.4. The van der Waals surface area contributed by atoms with Crippen LogP contribution in [0.1, 0.15) is 46.1 Å². The molecule has 0 unspecified atom stereocenters. The van der Waals surface area contributed by atoms with Crippen LogP contribution in [0.25, 0.3) is 0 Å². The first-order valence-corrected chi connectivity index (χ1v) is 12.1. The highest BCUT2D eigenvalue weighted by molar-refractivity contribution is 5.48. The normalized spacial score (nSPS) is 20.6. The summed E-state index contributed by atoms with van der Waals surface area (Å²) in [6.07, 6.45) is 1.72. The summed E-state index contributed by atoms with van der Waals surface area (Å²) in [5.74, 6) is -1.26. The Kier molecular flexibility index (Phi) is 6.64. The van der Waals surface area contributed by atoms with Crippen LogP contribution in [0.15, 0.2) is 60.7 Å². The maximum atomic E-state index is 15.5. The Balaban J connectivity index is 1.43. The van der Waals surface area contributed by atoms with Crippen molar-refractivity contribution in [2.45, 2.75) is 31.6 Å². The number of alkyl halides is 1. The second kappa shape index (κ2) is 9.83. The van der Waals surface area contributed by atoms with Gasteiger partial charge in [0, 0.05) is 49.2 Å². The molecule has 178 valence electrons. The van der Waals surface area contributed by atoms with Crippen LogP contribution in [0.5, 0.6) is 5.75 Å². The Morgan fingerprint density at radius 2 is 1.71 bits per heavy atom. The first-order chi connectivity index (χ1) is 16.5. The van der Waals surface area contributed by atoms with Crippen molar-refractivity contribution in [1.29, 1.82) is 0 Å². The molecular weight excluding hydrogens is 435 g/mol. The number of halogens is 3. The van der Waals surface area contributed by atoms with Gasteiger partial charge in [-0.15, -0.1) is 0 Å². The van der Waals surface area contributed by atoms with Crippen molar-refractivity contribution >= 4 is 0 Å². The molecular formula is C29H30F3NO. The fourth-order valence-electron chi connectivity index (χ4n) is 5.56. The highest BCUT2D eigenvalue weighted by Crippen LogP contribution is 2.48. The first-order valence-electron chi connectivity index (χ1n) is 12.1. The van der Waals surface area contributed by atoms with Gasteiger partial charge in [-0.25, -0.2) is 8.78 Å². The minimum absolute atomic E-state index is 0.0120. The lowest BCUT2D eigenvalue weighted by Crippen LogP contribution is -2.49. The molecule has 2 atom stereocenters. The molecule has 0 amide bonds. The summed E-state index contributed by atoms with van der Waals surface area (Å²) >= 11 is 0. The molecule has 5 rings (SSSR count). The van der Waals surface area contributed by atoms with Crippen LogP contribution in [0.3, 0.4) is 0 Å². The average molecular weight is 466 g/mol. The van der Waals surface area contributed by atoms with Crippen LogP contribution in [-0.4, -0.2) is 37.8 Å². The van der Waals surface area contributed by atoms with Crippen LogP contribution in [-0.2, 0) is 6.42 Å². The van der Waals surface area contributed by atoms with E-state index >= 15 is 8.78 Å². The molecule has 2 aliphatic rings. The van der Waals surface area contributed by atoms with E-state index < -0.39 is 17.6 Å². The second-order valence-corrected chi connectivity index (χ2v) is 9.66. The lowest BCUT2D eigenvalue weighted by molar-refractivity contribution is 0.0667. The molecule has 3 aromatic carbocycles. The van der Waals surface area contributed by atoms with E-state index in [0.717, 1.165) is 35.1 Å². The summed E-state index contributed by atoms with van der Waals surface area (Å²) in [7, 11) is 0. The summed E-state index contributed by atoms with van der Waals surface area (Å²) in [6, 6.07) is 18.8.